The van der Waals surface area contributed by atoms with Gasteiger partial charge in [-0.3, -0.25) is 0 Å². The highest BCUT2D eigenvalue weighted by atomic mass is 19.4. The largest absolute Gasteiger partial charge is 0.496 e. The Hall–Kier alpha value is -1.23. The summed E-state index contributed by atoms with van der Waals surface area (Å²) in [6, 6.07) is 5.79. The van der Waals surface area contributed by atoms with Crippen LogP contribution in [0.5, 0.6) is 5.75 Å². The monoisotopic (exact) mass is 220 g/mol. The Morgan fingerprint density at radius 3 is 2.40 bits per heavy atom. The first-order chi connectivity index (χ1) is 7.00. The summed E-state index contributed by atoms with van der Waals surface area (Å²) in [5.41, 5.74) is -0.0463. The third-order valence-corrected chi connectivity index (χ3v) is 2.09. The Bertz CT molecular complexity index is 323. The number of hydrogen-bond donors (Lipinski definition) is 1. The van der Waals surface area contributed by atoms with Crippen LogP contribution in [0.1, 0.15) is 11.5 Å². The molecule has 0 aliphatic rings. The maximum Gasteiger partial charge on any atom is 0.398 e. The van der Waals surface area contributed by atoms with Crippen molar-refractivity contribution in [2.45, 2.75) is 12.1 Å². The molecule has 0 aromatic heterocycles. The predicted molar refractivity (Wildman–Crippen MR) is 48.9 cm³/mol. The van der Waals surface area contributed by atoms with E-state index in [1.165, 1.54) is 25.3 Å². The number of alkyl halides is 3. The summed E-state index contributed by atoms with van der Waals surface area (Å²) in [4.78, 5) is 0. The minimum atomic E-state index is -4.47. The molecule has 0 aliphatic carbocycles. The van der Waals surface area contributed by atoms with Gasteiger partial charge >= 0.3 is 6.18 Å². The van der Waals surface area contributed by atoms with Gasteiger partial charge in [0, 0.05) is 5.56 Å². The molecule has 5 heteroatoms. The highest BCUT2D eigenvalue weighted by Gasteiger charge is 2.41. The van der Waals surface area contributed by atoms with E-state index in [1.807, 2.05) is 0 Å². The van der Waals surface area contributed by atoms with Crippen LogP contribution in [0, 0.1) is 0 Å². The Morgan fingerprint density at radius 1 is 1.33 bits per heavy atom. The highest BCUT2D eigenvalue weighted by Crippen LogP contribution is 2.38. The van der Waals surface area contributed by atoms with Crippen LogP contribution in [-0.4, -0.2) is 25.0 Å². The molecule has 15 heavy (non-hydrogen) atoms. The number of halogens is 3. The smallest absolute Gasteiger partial charge is 0.398 e. The van der Waals surface area contributed by atoms with Crippen molar-refractivity contribution < 1.29 is 23.0 Å². The molecule has 0 radical (unpaired) electrons. The van der Waals surface area contributed by atoms with Gasteiger partial charge in [-0.15, -0.1) is 0 Å². The molecule has 1 aromatic carbocycles. The third kappa shape index (κ3) is 2.62. The first kappa shape index (κ1) is 11.8. The fourth-order valence-corrected chi connectivity index (χ4v) is 1.33. The van der Waals surface area contributed by atoms with Gasteiger partial charge in [-0.25, -0.2) is 0 Å². The van der Waals surface area contributed by atoms with Crippen LogP contribution in [0.3, 0.4) is 0 Å². The van der Waals surface area contributed by atoms with Crippen molar-refractivity contribution in [1.29, 1.82) is 0 Å². The van der Waals surface area contributed by atoms with E-state index in [1.54, 1.807) is 6.07 Å². The van der Waals surface area contributed by atoms with Crippen molar-refractivity contribution in [3.63, 3.8) is 0 Å². The van der Waals surface area contributed by atoms with Gasteiger partial charge in [0.25, 0.3) is 0 Å². The van der Waals surface area contributed by atoms with Crippen LogP contribution < -0.4 is 4.74 Å². The minimum Gasteiger partial charge on any atom is -0.496 e. The lowest BCUT2D eigenvalue weighted by Crippen LogP contribution is -2.24. The SMILES string of the molecule is COc1ccccc1C(CO)C(F)(F)F. The van der Waals surface area contributed by atoms with Crippen molar-refractivity contribution in [1.82, 2.24) is 0 Å². The Kier molecular flexibility index (Phi) is 3.57. The van der Waals surface area contributed by atoms with Crippen molar-refractivity contribution in [3.8, 4) is 5.75 Å². The first-order valence-electron chi connectivity index (χ1n) is 4.31. The molecule has 0 heterocycles. The van der Waals surface area contributed by atoms with Crippen LogP contribution in [0.15, 0.2) is 24.3 Å². The second-order valence-corrected chi connectivity index (χ2v) is 3.02. The number of benzene rings is 1. The number of para-hydroxylation sites is 1. The molecule has 0 aliphatic heterocycles. The van der Waals surface area contributed by atoms with E-state index < -0.39 is 18.7 Å². The molecule has 2 nitrogen and oxygen atoms in total. The van der Waals surface area contributed by atoms with Crippen LogP contribution in [-0.2, 0) is 0 Å². The lowest BCUT2D eigenvalue weighted by atomic mass is 9.98. The average Bonchev–Trinajstić information content (AvgIpc) is 2.17. The average molecular weight is 220 g/mol. The predicted octanol–water partition coefficient (Wildman–Crippen LogP) is 2.33. The molecule has 1 atom stereocenters. The molecule has 1 unspecified atom stereocenters. The molecule has 84 valence electrons. The topological polar surface area (TPSA) is 29.5 Å². The summed E-state index contributed by atoms with van der Waals surface area (Å²) >= 11 is 0. The standard InChI is InChI=1S/C10H11F3O2/c1-15-9-5-3-2-4-7(9)8(6-14)10(11,12)13/h2-5,8,14H,6H2,1H3. The van der Waals surface area contributed by atoms with Gasteiger partial charge in [0.15, 0.2) is 0 Å². The lowest BCUT2D eigenvalue weighted by Gasteiger charge is -2.20. The number of aliphatic hydroxyl groups excluding tert-OH is 1. The van der Waals surface area contributed by atoms with Crippen molar-refractivity contribution >= 4 is 0 Å². The quantitative estimate of drug-likeness (QED) is 0.847. The zero-order valence-electron chi connectivity index (χ0n) is 8.08. The van der Waals surface area contributed by atoms with Crippen LogP contribution in [0.2, 0.25) is 0 Å². The molecule has 0 fully saturated rings. The van der Waals surface area contributed by atoms with Crippen molar-refractivity contribution in [2.75, 3.05) is 13.7 Å². The number of methoxy groups -OCH3 is 1. The number of aliphatic hydroxyl groups is 1. The summed E-state index contributed by atoms with van der Waals surface area (Å²) in [5.74, 6) is -1.76. The van der Waals surface area contributed by atoms with Crippen LogP contribution >= 0.6 is 0 Å². The first-order valence-corrected chi connectivity index (χ1v) is 4.31. The number of hydrogen-bond acceptors (Lipinski definition) is 2. The third-order valence-electron chi connectivity index (χ3n) is 2.09. The molecule has 0 saturated heterocycles. The van der Waals surface area contributed by atoms with Gasteiger partial charge in [0.05, 0.1) is 13.7 Å². The maximum absolute atomic E-state index is 12.5. The zero-order chi connectivity index (χ0) is 11.5. The fourth-order valence-electron chi connectivity index (χ4n) is 1.33. The van der Waals surface area contributed by atoms with Gasteiger partial charge in [-0.1, -0.05) is 18.2 Å². The van der Waals surface area contributed by atoms with E-state index in [-0.39, 0.29) is 11.3 Å². The van der Waals surface area contributed by atoms with Crippen molar-refractivity contribution in [3.05, 3.63) is 29.8 Å². The van der Waals surface area contributed by atoms with Gasteiger partial charge < -0.3 is 9.84 Å². The zero-order valence-corrected chi connectivity index (χ0v) is 8.08. The molecule has 0 saturated carbocycles. The highest BCUT2D eigenvalue weighted by molar-refractivity contribution is 5.37. The molecular formula is C10H11F3O2. The molecule has 0 bridgehead atoms. The van der Waals surface area contributed by atoms with Crippen LogP contribution in [0.25, 0.3) is 0 Å². The molecule has 0 spiro atoms. The number of ether oxygens (including phenoxy) is 1. The van der Waals surface area contributed by atoms with E-state index in [9.17, 15) is 13.2 Å². The number of rotatable bonds is 3. The lowest BCUT2D eigenvalue weighted by molar-refractivity contribution is -0.158. The van der Waals surface area contributed by atoms with E-state index in [4.69, 9.17) is 9.84 Å². The minimum absolute atomic E-state index is 0.0463. The molecule has 1 N–H and O–H groups in total. The molecule has 0 amide bonds. The Morgan fingerprint density at radius 2 is 1.93 bits per heavy atom. The van der Waals surface area contributed by atoms with Crippen molar-refractivity contribution in [2.24, 2.45) is 0 Å². The van der Waals surface area contributed by atoms with Crippen LogP contribution in [0.4, 0.5) is 13.2 Å². The Balaban J connectivity index is 3.12. The second kappa shape index (κ2) is 4.53. The van der Waals surface area contributed by atoms with Gasteiger partial charge in [-0.2, -0.15) is 13.2 Å². The normalized spacial score (nSPS) is 13.7. The van der Waals surface area contributed by atoms with Gasteiger partial charge in [0.1, 0.15) is 11.7 Å². The summed E-state index contributed by atoms with van der Waals surface area (Å²) in [5, 5.41) is 8.76. The molecular weight excluding hydrogens is 209 g/mol. The van der Waals surface area contributed by atoms with E-state index in [0.29, 0.717) is 0 Å². The van der Waals surface area contributed by atoms with E-state index in [2.05, 4.69) is 0 Å². The van der Waals surface area contributed by atoms with E-state index in [0.717, 1.165) is 0 Å². The molecule has 1 rings (SSSR count). The fraction of sp³-hybridized carbons (Fsp3) is 0.400. The summed E-state index contributed by atoms with van der Waals surface area (Å²) in [6.45, 7) is -0.982. The van der Waals surface area contributed by atoms with E-state index >= 15 is 0 Å². The summed E-state index contributed by atoms with van der Waals surface area (Å²) in [6.07, 6.45) is -4.47. The second-order valence-electron chi connectivity index (χ2n) is 3.02. The summed E-state index contributed by atoms with van der Waals surface area (Å²) in [7, 11) is 1.30. The Labute approximate surface area is 85.3 Å². The van der Waals surface area contributed by atoms with Gasteiger partial charge in [-0.05, 0) is 6.07 Å². The molecule has 1 aromatic rings. The van der Waals surface area contributed by atoms with Gasteiger partial charge in [0.2, 0.25) is 0 Å². The maximum atomic E-state index is 12.5. The summed E-state index contributed by atoms with van der Waals surface area (Å²) < 4.78 is 42.3.